The first-order valence-electron chi connectivity index (χ1n) is 6.90. The van der Waals surface area contributed by atoms with Gasteiger partial charge in [0, 0.05) is 13.2 Å². The number of nitrogens with one attached hydrogen (secondary N) is 1. The number of methoxy groups -OCH3 is 1. The zero-order valence-corrected chi connectivity index (χ0v) is 14.0. The Morgan fingerprint density at radius 3 is 2.50 bits per heavy atom. The summed E-state index contributed by atoms with van der Waals surface area (Å²) in [6.07, 6.45) is -0.443. The molecular formula is C13H22ClN5O3. The monoisotopic (exact) mass is 331 g/mol. The fraction of sp³-hybridized carbons (Fsp3) is 0.615. The van der Waals surface area contributed by atoms with Crippen molar-refractivity contribution in [2.75, 3.05) is 32.2 Å². The Hall–Kier alpha value is -1.64. The van der Waals surface area contributed by atoms with E-state index in [0.717, 1.165) is 0 Å². The van der Waals surface area contributed by atoms with Gasteiger partial charge in [-0.3, -0.25) is 0 Å². The quantitative estimate of drug-likeness (QED) is 0.322. The molecule has 0 aromatic carbocycles. The summed E-state index contributed by atoms with van der Waals surface area (Å²) >= 11 is 6.07. The number of ether oxygens (including phenoxy) is 3. The van der Waals surface area contributed by atoms with E-state index in [9.17, 15) is 0 Å². The van der Waals surface area contributed by atoms with Crippen LogP contribution >= 0.6 is 11.6 Å². The predicted molar refractivity (Wildman–Crippen MR) is 85.5 cm³/mol. The molecule has 0 bridgehead atoms. The number of aliphatic imine (C=N–C) groups is 1. The standard InChI is InChI=1S/C13H22ClN5O3/c1-5-21-9(22-6-2)7-16-13(15)19-10-11(14)17-8(3)18-12(10)20-4/h9H,5-7H2,1-4H3,(H3,15,16,19). The topological polar surface area (TPSA) is 104 Å². The molecule has 9 heteroatoms. The third-order valence-corrected chi connectivity index (χ3v) is 2.78. The van der Waals surface area contributed by atoms with Crippen molar-refractivity contribution in [1.29, 1.82) is 0 Å². The molecule has 0 amide bonds. The molecule has 8 nitrogen and oxygen atoms in total. The molecule has 0 radical (unpaired) electrons. The molecule has 0 saturated carbocycles. The van der Waals surface area contributed by atoms with Crippen molar-refractivity contribution in [2.45, 2.75) is 27.1 Å². The lowest BCUT2D eigenvalue weighted by molar-refractivity contribution is -0.128. The van der Waals surface area contributed by atoms with Crippen LogP contribution in [0, 0.1) is 6.92 Å². The van der Waals surface area contributed by atoms with E-state index in [0.29, 0.717) is 30.6 Å². The van der Waals surface area contributed by atoms with Gasteiger partial charge >= 0.3 is 0 Å². The van der Waals surface area contributed by atoms with Crippen LogP contribution in [0.15, 0.2) is 4.99 Å². The van der Waals surface area contributed by atoms with E-state index >= 15 is 0 Å². The first-order valence-corrected chi connectivity index (χ1v) is 7.27. The summed E-state index contributed by atoms with van der Waals surface area (Å²) < 4.78 is 15.9. The van der Waals surface area contributed by atoms with Crippen LogP contribution in [-0.2, 0) is 9.47 Å². The lowest BCUT2D eigenvalue weighted by atomic mass is 10.4. The van der Waals surface area contributed by atoms with Gasteiger partial charge in [0.2, 0.25) is 5.88 Å². The van der Waals surface area contributed by atoms with E-state index < -0.39 is 6.29 Å². The number of guanidine groups is 1. The van der Waals surface area contributed by atoms with Gasteiger partial charge in [-0.1, -0.05) is 11.6 Å². The van der Waals surface area contributed by atoms with Crippen LogP contribution in [0.2, 0.25) is 5.15 Å². The van der Waals surface area contributed by atoms with Crippen molar-refractivity contribution in [2.24, 2.45) is 10.7 Å². The highest BCUT2D eigenvalue weighted by atomic mass is 35.5. The number of nitrogens with two attached hydrogens (primary N) is 1. The lowest BCUT2D eigenvalue weighted by Crippen LogP contribution is -2.27. The largest absolute Gasteiger partial charge is 0.479 e. The number of rotatable bonds is 8. The van der Waals surface area contributed by atoms with Gasteiger partial charge < -0.3 is 25.3 Å². The predicted octanol–water partition coefficient (Wildman–Crippen LogP) is 1.57. The van der Waals surface area contributed by atoms with E-state index in [4.69, 9.17) is 31.5 Å². The Bertz CT molecular complexity index is 507. The molecule has 0 aliphatic heterocycles. The number of nitrogens with zero attached hydrogens (tertiary/aromatic N) is 3. The Kier molecular flexibility index (Phi) is 7.86. The van der Waals surface area contributed by atoms with Gasteiger partial charge in [0.25, 0.3) is 0 Å². The molecule has 124 valence electrons. The molecule has 1 aromatic heterocycles. The van der Waals surface area contributed by atoms with Crippen molar-refractivity contribution in [3.8, 4) is 5.88 Å². The molecule has 0 saturated heterocycles. The normalized spacial score (nSPS) is 11.8. The SMILES string of the molecule is CCOC(CN=C(N)Nc1c(Cl)nc(C)nc1OC)OCC. The highest BCUT2D eigenvalue weighted by molar-refractivity contribution is 6.32. The minimum Gasteiger partial charge on any atom is -0.479 e. The highest BCUT2D eigenvalue weighted by Gasteiger charge is 2.14. The summed E-state index contributed by atoms with van der Waals surface area (Å²) in [6.45, 7) is 6.78. The second-order valence-corrected chi connectivity index (χ2v) is 4.50. The second kappa shape index (κ2) is 9.39. The summed E-state index contributed by atoms with van der Waals surface area (Å²) in [5, 5.41) is 3.03. The average molecular weight is 332 g/mol. The van der Waals surface area contributed by atoms with Gasteiger partial charge in [-0.25, -0.2) is 9.98 Å². The third kappa shape index (κ3) is 5.63. The smallest absolute Gasteiger partial charge is 0.242 e. The van der Waals surface area contributed by atoms with Gasteiger partial charge in [0.15, 0.2) is 17.4 Å². The molecule has 0 aliphatic carbocycles. The van der Waals surface area contributed by atoms with Crippen molar-refractivity contribution < 1.29 is 14.2 Å². The lowest BCUT2D eigenvalue weighted by Gasteiger charge is -2.15. The number of hydrogen-bond donors (Lipinski definition) is 2. The molecule has 1 rings (SSSR count). The minimum absolute atomic E-state index is 0.136. The average Bonchev–Trinajstić information content (AvgIpc) is 2.47. The van der Waals surface area contributed by atoms with Crippen LogP contribution in [0.4, 0.5) is 5.69 Å². The van der Waals surface area contributed by atoms with Crippen molar-refractivity contribution >= 4 is 23.2 Å². The van der Waals surface area contributed by atoms with Crippen molar-refractivity contribution in [3.63, 3.8) is 0 Å². The zero-order chi connectivity index (χ0) is 16.5. The van der Waals surface area contributed by atoms with E-state index in [2.05, 4.69) is 20.3 Å². The van der Waals surface area contributed by atoms with Crippen LogP contribution < -0.4 is 15.8 Å². The second-order valence-electron chi connectivity index (χ2n) is 4.14. The molecule has 0 atom stereocenters. The first-order chi connectivity index (χ1) is 10.5. The summed E-state index contributed by atoms with van der Waals surface area (Å²) in [7, 11) is 1.48. The molecule has 0 unspecified atom stereocenters. The Morgan fingerprint density at radius 2 is 1.95 bits per heavy atom. The molecule has 3 N–H and O–H groups in total. The number of hydrogen-bond acceptors (Lipinski definition) is 6. The fourth-order valence-corrected chi connectivity index (χ4v) is 1.88. The first kappa shape index (κ1) is 18.4. The van der Waals surface area contributed by atoms with Crippen LogP contribution in [-0.4, -0.2) is 49.1 Å². The molecular weight excluding hydrogens is 310 g/mol. The molecule has 0 fully saturated rings. The highest BCUT2D eigenvalue weighted by Crippen LogP contribution is 2.28. The van der Waals surface area contributed by atoms with Crippen LogP contribution in [0.1, 0.15) is 19.7 Å². The molecule has 0 aliphatic rings. The Labute approximate surface area is 135 Å². The van der Waals surface area contributed by atoms with Crippen molar-refractivity contribution in [1.82, 2.24) is 9.97 Å². The van der Waals surface area contributed by atoms with E-state index in [1.807, 2.05) is 13.8 Å². The molecule has 0 spiro atoms. The van der Waals surface area contributed by atoms with E-state index in [-0.39, 0.29) is 17.7 Å². The van der Waals surface area contributed by atoms with Crippen LogP contribution in [0.25, 0.3) is 0 Å². The van der Waals surface area contributed by atoms with Gasteiger partial charge in [0.1, 0.15) is 11.5 Å². The summed E-state index contributed by atoms with van der Waals surface area (Å²) in [4.78, 5) is 12.3. The fourth-order valence-electron chi connectivity index (χ4n) is 1.63. The van der Waals surface area contributed by atoms with Crippen LogP contribution in [0.3, 0.4) is 0 Å². The van der Waals surface area contributed by atoms with E-state index in [1.165, 1.54) is 7.11 Å². The summed E-state index contributed by atoms with van der Waals surface area (Å²) in [6, 6.07) is 0. The maximum atomic E-state index is 6.07. The number of anilines is 1. The number of aromatic nitrogens is 2. The van der Waals surface area contributed by atoms with Gasteiger partial charge in [-0.05, 0) is 20.8 Å². The van der Waals surface area contributed by atoms with Gasteiger partial charge in [-0.15, -0.1) is 0 Å². The van der Waals surface area contributed by atoms with E-state index in [1.54, 1.807) is 6.92 Å². The zero-order valence-electron chi connectivity index (χ0n) is 13.2. The maximum Gasteiger partial charge on any atom is 0.242 e. The van der Waals surface area contributed by atoms with Crippen LogP contribution in [0.5, 0.6) is 5.88 Å². The number of aryl methyl sites for hydroxylation is 1. The summed E-state index contributed by atoms with van der Waals surface area (Å²) in [5.41, 5.74) is 6.20. The molecule has 22 heavy (non-hydrogen) atoms. The summed E-state index contributed by atoms with van der Waals surface area (Å²) in [5.74, 6) is 0.926. The van der Waals surface area contributed by atoms with Crippen molar-refractivity contribution in [3.05, 3.63) is 11.0 Å². The Balaban J connectivity index is 2.79. The van der Waals surface area contributed by atoms with Gasteiger partial charge in [-0.2, -0.15) is 4.98 Å². The minimum atomic E-state index is -0.443. The molecule has 1 heterocycles. The maximum absolute atomic E-state index is 6.07. The number of halogens is 1. The molecule has 1 aromatic rings. The Morgan fingerprint density at radius 1 is 1.32 bits per heavy atom. The third-order valence-electron chi connectivity index (χ3n) is 2.51. The van der Waals surface area contributed by atoms with Gasteiger partial charge in [0.05, 0.1) is 13.7 Å².